The van der Waals surface area contributed by atoms with Crippen LogP contribution in [0.25, 0.3) is 127 Å². The molecule has 3 aromatic heterocycles. The molecule has 10 aromatic carbocycles. The highest BCUT2D eigenvalue weighted by Gasteiger charge is 2.23. The van der Waals surface area contributed by atoms with E-state index in [0.717, 1.165) is 82.3 Å². The number of hydrogen-bond donors (Lipinski definition) is 0. The maximum absolute atomic E-state index is 6.91. The number of nitrogens with zero attached hydrogens (tertiary/aromatic N) is 4. The molecule has 13 rings (SSSR count). The minimum absolute atomic E-state index is 0.590. The van der Waals surface area contributed by atoms with Crippen LogP contribution in [-0.2, 0) is 0 Å². The Labute approximate surface area is 343 Å². The molecular formula is C55H32N4O. The summed E-state index contributed by atoms with van der Waals surface area (Å²) in [5, 5.41) is 13.7. The zero-order valence-electron chi connectivity index (χ0n) is 32.2. The quantitative estimate of drug-likeness (QED) is 0.167. The summed E-state index contributed by atoms with van der Waals surface area (Å²) in [5.41, 5.74) is 7.72. The number of benzene rings is 10. The Morgan fingerprint density at radius 1 is 0.333 bits per heavy atom. The predicted molar refractivity (Wildman–Crippen MR) is 248 cm³/mol. The third-order valence-corrected chi connectivity index (χ3v) is 12.2. The molecule has 60 heavy (non-hydrogen) atoms. The van der Waals surface area contributed by atoms with E-state index in [1.807, 2.05) is 24.3 Å². The fraction of sp³-hybridized carbons (Fsp3) is 0. The Morgan fingerprint density at radius 2 is 0.950 bits per heavy atom. The fourth-order valence-corrected chi connectivity index (χ4v) is 9.52. The highest BCUT2D eigenvalue weighted by Crippen LogP contribution is 2.44. The Kier molecular flexibility index (Phi) is 6.95. The van der Waals surface area contributed by atoms with Gasteiger partial charge in [-0.25, -0.2) is 15.0 Å². The van der Waals surface area contributed by atoms with E-state index in [-0.39, 0.29) is 0 Å². The average Bonchev–Trinajstić information content (AvgIpc) is 3.85. The Hall–Kier alpha value is -8.15. The normalized spacial score (nSPS) is 12.0. The summed E-state index contributed by atoms with van der Waals surface area (Å²) >= 11 is 0. The first-order valence-electron chi connectivity index (χ1n) is 20.3. The van der Waals surface area contributed by atoms with Crippen molar-refractivity contribution in [3.05, 3.63) is 194 Å². The molecule has 0 N–H and O–H groups in total. The zero-order chi connectivity index (χ0) is 39.3. The summed E-state index contributed by atoms with van der Waals surface area (Å²) in [6.45, 7) is 0. The number of aromatic nitrogens is 4. The molecule has 0 aliphatic carbocycles. The number of furan rings is 1. The van der Waals surface area contributed by atoms with Crippen LogP contribution in [0.1, 0.15) is 0 Å². The highest BCUT2D eigenvalue weighted by atomic mass is 16.3. The van der Waals surface area contributed by atoms with Crippen molar-refractivity contribution in [1.82, 2.24) is 19.5 Å². The molecule has 5 heteroatoms. The van der Waals surface area contributed by atoms with Crippen LogP contribution in [-0.4, -0.2) is 19.5 Å². The van der Waals surface area contributed by atoms with Crippen molar-refractivity contribution >= 4 is 86.8 Å². The topological polar surface area (TPSA) is 56.7 Å². The maximum Gasteiger partial charge on any atom is 0.164 e. The smallest absolute Gasteiger partial charge is 0.164 e. The van der Waals surface area contributed by atoms with E-state index in [1.165, 1.54) is 26.9 Å². The van der Waals surface area contributed by atoms with E-state index in [0.29, 0.717) is 17.5 Å². The van der Waals surface area contributed by atoms with Gasteiger partial charge in [0.25, 0.3) is 0 Å². The number of para-hydroxylation sites is 1. The van der Waals surface area contributed by atoms with Crippen LogP contribution < -0.4 is 0 Å². The molecule has 0 fully saturated rings. The molecule has 3 heterocycles. The van der Waals surface area contributed by atoms with Crippen molar-refractivity contribution in [2.45, 2.75) is 0 Å². The lowest BCUT2D eigenvalue weighted by Gasteiger charge is -2.14. The number of hydrogen-bond acceptors (Lipinski definition) is 4. The van der Waals surface area contributed by atoms with Crippen LogP contribution in [0.5, 0.6) is 0 Å². The summed E-state index contributed by atoms with van der Waals surface area (Å²) in [4.78, 5) is 15.8. The molecule has 0 radical (unpaired) electrons. The Morgan fingerprint density at radius 3 is 1.77 bits per heavy atom. The number of fused-ring (bicyclic) bond motifs is 12. The van der Waals surface area contributed by atoms with E-state index in [4.69, 9.17) is 19.4 Å². The van der Waals surface area contributed by atoms with Crippen LogP contribution in [0.3, 0.4) is 0 Å². The van der Waals surface area contributed by atoms with Crippen molar-refractivity contribution in [3.63, 3.8) is 0 Å². The third-order valence-electron chi connectivity index (χ3n) is 12.2. The fourth-order valence-electron chi connectivity index (χ4n) is 9.52. The van der Waals surface area contributed by atoms with Crippen LogP contribution in [0, 0.1) is 0 Å². The van der Waals surface area contributed by atoms with Gasteiger partial charge in [-0.1, -0.05) is 158 Å². The van der Waals surface area contributed by atoms with Gasteiger partial charge in [-0.3, -0.25) is 0 Å². The van der Waals surface area contributed by atoms with Gasteiger partial charge in [0, 0.05) is 49.7 Å². The molecule has 0 aliphatic rings. The molecule has 0 aliphatic heterocycles. The van der Waals surface area contributed by atoms with Gasteiger partial charge in [0.15, 0.2) is 17.5 Å². The van der Waals surface area contributed by atoms with Gasteiger partial charge in [-0.05, 0) is 68.0 Å². The minimum Gasteiger partial charge on any atom is -0.456 e. The second kappa shape index (κ2) is 12.7. The number of rotatable bonds is 4. The monoisotopic (exact) mass is 764 g/mol. The van der Waals surface area contributed by atoms with Crippen LogP contribution >= 0.6 is 0 Å². The van der Waals surface area contributed by atoms with Crippen molar-refractivity contribution in [3.8, 4) is 39.9 Å². The molecule has 0 atom stereocenters. The van der Waals surface area contributed by atoms with Gasteiger partial charge in [-0.15, -0.1) is 0 Å². The molecule has 0 unspecified atom stereocenters. The second-order valence-corrected chi connectivity index (χ2v) is 15.5. The zero-order valence-corrected chi connectivity index (χ0v) is 32.2. The Balaban J connectivity index is 1.10. The van der Waals surface area contributed by atoms with Crippen molar-refractivity contribution < 1.29 is 4.42 Å². The summed E-state index contributed by atoms with van der Waals surface area (Å²) in [5.74, 6) is 1.83. The van der Waals surface area contributed by atoms with Gasteiger partial charge in [0.1, 0.15) is 11.2 Å². The molecular weight excluding hydrogens is 733 g/mol. The van der Waals surface area contributed by atoms with Crippen LogP contribution in [0.2, 0.25) is 0 Å². The van der Waals surface area contributed by atoms with Gasteiger partial charge >= 0.3 is 0 Å². The second-order valence-electron chi connectivity index (χ2n) is 15.5. The Bertz CT molecular complexity index is 3900. The van der Waals surface area contributed by atoms with Crippen LogP contribution in [0.15, 0.2) is 199 Å². The van der Waals surface area contributed by atoms with Gasteiger partial charge in [-0.2, -0.15) is 0 Å². The van der Waals surface area contributed by atoms with Gasteiger partial charge < -0.3 is 8.98 Å². The van der Waals surface area contributed by atoms with E-state index in [2.05, 4.69) is 174 Å². The molecule has 5 nitrogen and oxygen atoms in total. The predicted octanol–water partition coefficient (Wildman–Crippen LogP) is 14.5. The lowest BCUT2D eigenvalue weighted by molar-refractivity contribution is 0.669. The molecule has 0 saturated carbocycles. The highest BCUT2D eigenvalue weighted by molar-refractivity contribution is 6.25. The average molecular weight is 765 g/mol. The SMILES string of the molecule is c1ccc(-c2nc(-c3cc4ccccc4c4ccccc34)nc(-c3cccc4oc5cc(-n6c7ccccc7c7cc8ccccc8cc76)c6ccccc6c5c34)n2)cc1. The molecule has 0 saturated heterocycles. The lowest BCUT2D eigenvalue weighted by atomic mass is 9.96. The molecule has 13 aromatic rings. The van der Waals surface area contributed by atoms with Crippen molar-refractivity contribution in [2.24, 2.45) is 0 Å². The molecule has 0 amide bonds. The molecule has 0 spiro atoms. The first kappa shape index (κ1) is 32.9. The maximum atomic E-state index is 6.91. The molecule has 278 valence electrons. The van der Waals surface area contributed by atoms with Crippen molar-refractivity contribution in [2.75, 3.05) is 0 Å². The van der Waals surface area contributed by atoms with Crippen molar-refractivity contribution in [1.29, 1.82) is 0 Å². The summed E-state index contributed by atoms with van der Waals surface area (Å²) in [6.07, 6.45) is 0. The van der Waals surface area contributed by atoms with E-state index in [1.54, 1.807) is 0 Å². The first-order chi connectivity index (χ1) is 29.7. The third kappa shape index (κ3) is 4.84. The van der Waals surface area contributed by atoms with E-state index in [9.17, 15) is 0 Å². The largest absolute Gasteiger partial charge is 0.456 e. The van der Waals surface area contributed by atoms with E-state index >= 15 is 0 Å². The first-order valence-corrected chi connectivity index (χ1v) is 20.3. The standard InChI is InChI=1S/C55H32N4O/c1-2-15-33(16-3-1)53-56-54(58-55(57-53)45-30-36-19-6-7-20-37(36)38-21-8-9-22-39(38)45)43-26-14-28-49-52(43)51-42-25-11-10-23-40(42)48(32-50(51)60-49)59-46-27-13-12-24-41(46)44-29-34-17-4-5-18-35(34)31-47(44)59/h1-32H. The summed E-state index contributed by atoms with van der Waals surface area (Å²) in [7, 11) is 0. The van der Waals surface area contributed by atoms with Gasteiger partial charge in [0.05, 0.1) is 16.7 Å². The summed E-state index contributed by atoms with van der Waals surface area (Å²) < 4.78 is 9.31. The van der Waals surface area contributed by atoms with Crippen LogP contribution in [0.4, 0.5) is 0 Å². The summed E-state index contributed by atoms with van der Waals surface area (Å²) in [6, 6.07) is 68.5. The molecule has 0 bridgehead atoms. The minimum atomic E-state index is 0.590. The van der Waals surface area contributed by atoms with E-state index < -0.39 is 0 Å². The van der Waals surface area contributed by atoms with Gasteiger partial charge in [0.2, 0.25) is 0 Å². The lowest BCUT2D eigenvalue weighted by Crippen LogP contribution is -2.01.